The van der Waals surface area contributed by atoms with Crippen molar-refractivity contribution < 1.29 is 36.9 Å². The minimum absolute atomic E-state index is 0.0432. The molecule has 2 heterocycles. The Morgan fingerprint density at radius 1 is 1.24 bits per heavy atom. The number of thioether (sulfide) groups is 1. The first-order chi connectivity index (χ1) is 9.90. The van der Waals surface area contributed by atoms with E-state index >= 15 is 0 Å². The van der Waals surface area contributed by atoms with Gasteiger partial charge in [0.2, 0.25) is 6.79 Å². The Bertz CT molecular complexity index is 618. The van der Waals surface area contributed by atoms with Gasteiger partial charge in [0.15, 0.2) is 22.2 Å². The van der Waals surface area contributed by atoms with Gasteiger partial charge in [-0.2, -0.15) is 13.2 Å². The second kappa shape index (κ2) is 4.76. The van der Waals surface area contributed by atoms with Crippen molar-refractivity contribution in [2.75, 3.05) is 13.9 Å². The normalized spacial score (nSPS) is 18.1. The molecule has 21 heavy (non-hydrogen) atoms. The zero-order chi connectivity index (χ0) is 15.2. The summed E-state index contributed by atoms with van der Waals surface area (Å²) in [4.78, 5) is 11.8. The van der Waals surface area contributed by atoms with Gasteiger partial charge in [-0.25, -0.2) is 4.79 Å². The van der Waals surface area contributed by atoms with Gasteiger partial charge in [-0.1, -0.05) is 0 Å². The number of rotatable bonds is 1. The molecule has 0 aliphatic carbocycles. The van der Waals surface area contributed by atoms with Crippen LogP contribution in [0, 0.1) is 0 Å². The highest BCUT2D eigenvalue weighted by molar-refractivity contribution is 8.03. The van der Waals surface area contributed by atoms with Gasteiger partial charge in [0.1, 0.15) is 5.75 Å². The average Bonchev–Trinajstić information content (AvgIpc) is 2.98. The molecule has 0 bridgehead atoms. The van der Waals surface area contributed by atoms with Crippen LogP contribution in [0.4, 0.5) is 13.2 Å². The zero-order valence-electron chi connectivity index (χ0n) is 10.4. The first-order valence-electron chi connectivity index (χ1n) is 5.59. The molecule has 1 aromatic rings. The van der Waals surface area contributed by atoms with E-state index in [1.54, 1.807) is 0 Å². The number of carbonyl (C=O) groups is 1. The van der Waals surface area contributed by atoms with Crippen molar-refractivity contribution in [1.29, 1.82) is 0 Å². The molecule has 0 saturated heterocycles. The number of hydrogen-bond acceptors (Lipinski definition) is 6. The third-order valence-corrected chi connectivity index (χ3v) is 3.73. The highest BCUT2D eigenvalue weighted by Crippen LogP contribution is 2.51. The molecule has 112 valence electrons. The minimum atomic E-state index is -4.88. The number of halogens is 3. The molecule has 0 radical (unpaired) electrons. The molecule has 3 rings (SSSR count). The van der Waals surface area contributed by atoms with E-state index in [0.29, 0.717) is 28.2 Å². The summed E-state index contributed by atoms with van der Waals surface area (Å²) in [6.45, 7) is 0.0432. The fourth-order valence-electron chi connectivity index (χ4n) is 1.80. The number of alkyl halides is 3. The maximum atomic E-state index is 13.0. The zero-order valence-corrected chi connectivity index (χ0v) is 11.3. The number of hydrogen-bond donors (Lipinski definition) is 0. The molecule has 0 N–H and O–H groups in total. The van der Waals surface area contributed by atoms with E-state index < -0.39 is 22.8 Å². The Balaban J connectivity index is 2.02. The van der Waals surface area contributed by atoms with Crippen LogP contribution in [-0.2, 0) is 9.53 Å². The van der Waals surface area contributed by atoms with Gasteiger partial charge in [-0.05, 0) is 11.8 Å². The first-order valence-corrected chi connectivity index (χ1v) is 6.41. The van der Waals surface area contributed by atoms with Crippen LogP contribution in [0.15, 0.2) is 27.7 Å². The number of carbonyl (C=O) groups excluding carboxylic acids is 1. The lowest BCUT2D eigenvalue weighted by molar-refractivity contribution is -0.148. The number of methoxy groups -OCH3 is 1. The molecule has 0 unspecified atom stereocenters. The van der Waals surface area contributed by atoms with E-state index in [-0.39, 0.29) is 12.5 Å². The molecule has 2 aliphatic heterocycles. The van der Waals surface area contributed by atoms with E-state index in [4.69, 9.17) is 14.2 Å². The van der Waals surface area contributed by atoms with Crippen molar-refractivity contribution in [2.45, 2.75) is 11.1 Å². The summed E-state index contributed by atoms with van der Waals surface area (Å²) in [6.07, 6.45) is -4.88. The van der Waals surface area contributed by atoms with Crippen LogP contribution in [0.25, 0.3) is 0 Å². The van der Waals surface area contributed by atoms with Crippen LogP contribution < -0.4 is 14.2 Å². The molecular formula is C12H7F3O5S. The van der Waals surface area contributed by atoms with Gasteiger partial charge in [0, 0.05) is 12.1 Å². The minimum Gasteiger partial charge on any atom is -0.465 e. The molecule has 5 nitrogen and oxygen atoms in total. The summed E-state index contributed by atoms with van der Waals surface area (Å²) < 4.78 is 58.4. The van der Waals surface area contributed by atoms with E-state index in [9.17, 15) is 18.0 Å². The van der Waals surface area contributed by atoms with E-state index in [1.807, 2.05) is 0 Å². The molecular weight excluding hydrogens is 313 g/mol. The molecule has 2 aliphatic rings. The Morgan fingerprint density at radius 3 is 2.52 bits per heavy atom. The summed E-state index contributed by atoms with van der Waals surface area (Å²) in [6, 6.07) is 2.92. The Labute approximate surface area is 120 Å². The van der Waals surface area contributed by atoms with Crippen molar-refractivity contribution >= 4 is 17.7 Å². The highest BCUT2D eigenvalue weighted by Gasteiger charge is 2.45. The summed E-state index contributed by atoms with van der Waals surface area (Å²) in [5.74, 6) is -0.539. The van der Waals surface area contributed by atoms with Gasteiger partial charge in [0.25, 0.3) is 0 Å². The van der Waals surface area contributed by atoms with Gasteiger partial charge >= 0.3 is 12.1 Å². The van der Waals surface area contributed by atoms with Crippen molar-refractivity contribution in [3.8, 4) is 17.2 Å². The van der Waals surface area contributed by atoms with Crippen molar-refractivity contribution in [2.24, 2.45) is 0 Å². The molecule has 0 aromatic heterocycles. The Kier molecular flexibility index (Phi) is 3.16. The molecule has 0 atom stereocenters. The van der Waals surface area contributed by atoms with Crippen LogP contribution in [0.5, 0.6) is 17.2 Å². The summed E-state index contributed by atoms with van der Waals surface area (Å²) in [5.41, 5.74) is -1.48. The molecule has 0 saturated carbocycles. The monoisotopic (exact) mass is 320 g/mol. The topological polar surface area (TPSA) is 54.0 Å². The third-order valence-electron chi connectivity index (χ3n) is 2.72. The first kappa shape index (κ1) is 13.9. The highest BCUT2D eigenvalue weighted by atomic mass is 32.2. The van der Waals surface area contributed by atoms with Gasteiger partial charge in [-0.15, -0.1) is 0 Å². The largest absolute Gasteiger partial charge is 0.465 e. The van der Waals surface area contributed by atoms with Crippen molar-refractivity contribution in [3.05, 3.63) is 22.8 Å². The van der Waals surface area contributed by atoms with Gasteiger partial charge in [0.05, 0.1) is 12.0 Å². The fourth-order valence-corrected chi connectivity index (χ4v) is 2.80. The molecule has 9 heteroatoms. The standard InChI is InChI=1S/C12H7F3O5S/c1-17-10(16)9(12(13,14)15)11-20-7-2-5-6(19-4-18-5)3-8(7)21-11/h2-3H,4H2,1H3. The molecule has 1 aromatic carbocycles. The van der Waals surface area contributed by atoms with E-state index in [2.05, 4.69) is 4.74 Å². The smallest absolute Gasteiger partial charge is 0.427 e. The number of ether oxygens (including phenoxy) is 4. The third kappa shape index (κ3) is 2.37. The molecule has 0 spiro atoms. The lowest BCUT2D eigenvalue weighted by atomic mass is 10.3. The Morgan fingerprint density at radius 2 is 1.90 bits per heavy atom. The van der Waals surface area contributed by atoms with Gasteiger partial charge in [-0.3, -0.25) is 0 Å². The van der Waals surface area contributed by atoms with Gasteiger partial charge < -0.3 is 18.9 Å². The number of benzene rings is 1. The lowest BCUT2D eigenvalue weighted by Gasteiger charge is -2.11. The van der Waals surface area contributed by atoms with Crippen LogP contribution in [0.3, 0.4) is 0 Å². The Hall–Kier alpha value is -2.03. The molecule has 0 fully saturated rings. The van der Waals surface area contributed by atoms with Crippen LogP contribution in [-0.4, -0.2) is 26.0 Å². The average molecular weight is 320 g/mol. The second-order valence-electron chi connectivity index (χ2n) is 4.01. The number of esters is 1. The quantitative estimate of drug-likeness (QED) is 0.586. The lowest BCUT2D eigenvalue weighted by Crippen LogP contribution is -2.23. The van der Waals surface area contributed by atoms with E-state index in [0.717, 1.165) is 7.11 Å². The second-order valence-corrected chi connectivity index (χ2v) is 5.02. The maximum absolute atomic E-state index is 13.0. The molecule has 0 amide bonds. The van der Waals surface area contributed by atoms with Crippen LogP contribution in [0.2, 0.25) is 0 Å². The number of fused-ring (bicyclic) bond motifs is 2. The van der Waals surface area contributed by atoms with Crippen LogP contribution >= 0.6 is 11.8 Å². The summed E-state index contributed by atoms with van der Waals surface area (Å²) >= 11 is 0.682. The SMILES string of the molecule is COC(=O)C(=C1Oc2cc3c(cc2S1)OCO3)C(F)(F)F. The predicted octanol–water partition coefficient (Wildman–Crippen LogP) is 2.85. The summed E-state index contributed by atoms with van der Waals surface area (Å²) in [7, 11) is 0.873. The maximum Gasteiger partial charge on any atom is 0.427 e. The summed E-state index contributed by atoms with van der Waals surface area (Å²) in [5, 5.41) is -0.576. The van der Waals surface area contributed by atoms with Crippen LogP contribution in [0.1, 0.15) is 0 Å². The predicted molar refractivity (Wildman–Crippen MR) is 64.1 cm³/mol. The van der Waals surface area contributed by atoms with Crippen molar-refractivity contribution in [1.82, 2.24) is 0 Å². The fraction of sp³-hybridized carbons (Fsp3) is 0.250. The van der Waals surface area contributed by atoms with Crippen molar-refractivity contribution in [3.63, 3.8) is 0 Å². The van der Waals surface area contributed by atoms with E-state index in [1.165, 1.54) is 12.1 Å².